The number of imidazole rings is 1. The van der Waals surface area contributed by atoms with Crippen molar-refractivity contribution in [1.82, 2.24) is 19.4 Å². The van der Waals surface area contributed by atoms with Crippen LogP contribution in [0.4, 0.5) is 4.79 Å². The highest BCUT2D eigenvalue weighted by atomic mass is 35.5. The number of carbonyl (C=O) groups is 1. The van der Waals surface area contributed by atoms with Crippen molar-refractivity contribution in [3.63, 3.8) is 0 Å². The Bertz CT molecular complexity index is 657. The number of aromatic nitrogens is 3. The quantitative estimate of drug-likeness (QED) is 0.831. The maximum atomic E-state index is 10.9. The number of rotatable bonds is 1. The minimum atomic E-state index is -0.956. The molecule has 0 saturated carbocycles. The van der Waals surface area contributed by atoms with Gasteiger partial charge in [0.1, 0.15) is 0 Å². The van der Waals surface area contributed by atoms with Crippen LogP contribution in [0.3, 0.4) is 0 Å². The van der Waals surface area contributed by atoms with Crippen molar-refractivity contribution >= 4 is 28.9 Å². The lowest BCUT2D eigenvalue weighted by atomic mass is 10.2. The molecule has 100 valence electrons. The fourth-order valence-electron chi connectivity index (χ4n) is 2.43. The maximum absolute atomic E-state index is 10.9. The highest BCUT2D eigenvalue weighted by molar-refractivity contribution is 6.31. The third-order valence-corrected chi connectivity index (χ3v) is 3.50. The Morgan fingerprint density at radius 2 is 2.32 bits per heavy atom. The molecule has 2 aromatic heterocycles. The molecule has 2 aromatic rings. The zero-order valence-electron chi connectivity index (χ0n) is 9.82. The van der Waals surface area contributed by atoms with Gasteiger partial charge in [0.2, 0.25) is 0 Å². The van der Waals surface area contributed by atoms with Gasteiger partial charge in [-0.05, 0) is 12.5 Å². The van der Waals surface area contributed by atoms with Gasteiger partial charge in [-0.15, -0.1) is 0 Å². The third kappa shape index (κ3) is 1.95. The third-order valence-electron chi connectivity index (χ3n) is 3.29. The van der Waals surface area contributed by atoms with E-state index in [2.05, 4.69) is 9.97 Å². The van der Waals surface area contributed by atoms with Crippen LogP contribution < -0.4 is 0 Å². The predicted octanol–water partition coefficient (Wildman–Crippen LogP) is 1.72. The van der Waals surface area contributed by atoms with Crippen LogP contribution in [0.5, 0.6) is 6.01 Å². The Balaban J connectivity index is 2.03. The molecule has 3 heterocycles. The summed E-state index contributed by atoms with van der Waals surface area (Å²) < 4.78 is 1.59. The van der Waals surface area contributed by atoms with E-state index in [1.165, 1.54) is 11.1 Å². The number of fused-ring (bicyclic) bond motifs is 1. The molecule has 7 nitrogen and oxygen atoms in total. The molecule has 19 heavy (non-hydrogen) atoms. The van der Waals surface area contributed by atoms with Crippen LogP contribution >= 0.6 is 11.6 Å². The lowest BCUT2D eigenvalue weighted by molar-refractivity contribution is 0.154. The number of hydrogen-bond donors (Lipinski definition) is 2. The summed E-state index contributed by atoms with van der Waals surface area (Å²) in [6.45, 7) is 0.758. The molecule has 1 amide bonds. The number of nitrogens with zero attached hydrogens (tertiary/aromatic N) is 4. The van der Waals surface area contributed by atoms with Crippen molar-refractivity contribution in [2.24, 2.45) is 0 Å². The SMILES string of the molecule is O=C(O)N1CC[C@@H](n2c(O)nc3ncc(Cl)cc32)C1. The molecule has 1 aliphatic rings. The van der Waals surface area contributed by atoms with Gasteiger partial charge in [0, 0.05) is 19.3 Å². The zero-order chi connectivity index (χ0) is 13.6. The summed E-state index contributed by atoms with van der Waals surface area (Å²) in [5, 5.41) is 19.3. The van der Waals surface area contributed by atoms with E-state index in [4.69, 9.17) is 16.7 Å². The largest absolute Gasteiger partial charge is 0.480 e. The average molecular weight is 283 g/mol. The number of amides is 1. The summed E-state index contributed by atoms with van der Waals surface area (Å²) in [6.07, 6.45) is 1.12. The van der Waals surface area contributed by atoms with Crippen molar-refractivity contribution in [2.45, 2.75) is 12.5 Å². The van der Waals surface area contributed by atoms with E-state index >= 15 is 0 Å². The van der Waals surface area contributed by atoms with Crippen LogP contribution in [0.1, 0.15) is 12.5 Å². The number of halogens is 1. The van der Waals surface area contributed by atoms with Gasteiger partial charge in [-0.1, -0.05) is 11.6 Å². The number of pyridine rings is 1. The number of carboxylic acid groups (broad SMARTS) is 1. The second-order valence-corrected chi connectivity index (χ2v) is 4.89. The number of hydrogen-bond acceptors (Lipinski definition) is 4. The van der Waals surface area contributed by atoms with Crippen molar-refractivity contribution in [3.8, 4) is 6.01 Å². The molecular formula is C11H11ClN4O3. The Labute approximate surface area is 113 Å². The van der Waals surface area contributed by atoms with E-state index in [1.807, 2.05) is 0 Å². The Morgan fingerprint density at radius 3 is 3.00 bits per heavy atom. The molecule has 3 rings (SSSR count). The van der Waals surface area contributed by atoms with Gasteiger partial charge in [-0.2, -0.15) is 4.98 Å². The molecular weight excluding hydrogens is 272 g/mol. The fraction of sp³-hybridized carbons (Fsp3) is 0.364. The summed E-state index contributed by atoms with van der Waals surface area (Å²) in [5.74, 6) is 0. The van der Waals surface area contributed by atoms with Crippen molar-refractivity contribution in [3.05, 3.63) is 17.3 Å². The lowest BCUT2D eigenvalue weighted by Crippen LogP contribution is -2.27. The highest BCUT2D eigenvalue weighted by Gasteiger charge is 2.30. The van der Waals surface area contributed by atoms with E-state index in [1.54, 1.807) is 10.6 Å². The molecule has 0 radical (unpaired) electrons. The van der Waals surface area contributed by atoms with E-state index in [-0.39, 0.29) is 12.1 Å². The van der Waals surface area contributed by atoms with E-state index < -0.39 is 6.09 Å². The van der Waals surface area contributed by atoms with Crippen LogP contribution in [-0.2, 0) is 0 Å². The smallest absolute Gasteiger partial charge is 0.407 e. The summed E-state index contributed by atoms with van der Waals surface area (Å²) in [6, 6.07) is 1.35. The van der Waals surface area contributed by atoms with Gasteiger partial charge < -0.3 is 15.1 Å². The fourth-order valence-corrected chi connectivity index (χ4v) is 2.58. The highest BCUT2D eigenvalue weighted by Crippen LogP contribution is 2.31. The van der Waals surface area contributed by atoms with E-state index in [0.29, 0.717) is 35.7 Å². The van der Waals surface area contributed by atoms with E-state index in [9.17, 15) is 9.90 Å². The summed E-state index contributed by atoms with van der Waals surface area (Å²) in [4.78, 5) is 20.2. The second-order valence-electron chi connectivity index (χ2n) is 4.45. The minimum Gasteiger partial charge on any atom is -0.480 e. The van der Waals surface area contributed by atoms with Crippen LogP contribution in [0, 0.1) is 0 Å². The molecule has 2 N–H and O–H groups in total. The first kappa shape index (κ1) is 12.0. The normalized spacial score (nSPS) is 19.2. The van der Waals surface area contributed by atoms with Crippen LogP contribution in [-0.4, -0.2) is 48.8 Å². The van der Waals surface area contributed by atoms with Gasteiger partial charge in [0.25, 0.3) is 6.01 Å². The molecule has 0 aliphatic carbocycles. The number of aromatic hydroxyl groups is 1. The van der Waals surface area contributed by atoms with Crippen molar-refractivity contribution in [2.75, 3.05) is 13.1 Å². The van der Waals surface area contributed by atoms with Crippen molar-refractivity contribution < 1.29 is 15.0 Å². The molecule has 0 aromatic carbocycles. The number of likely N-dealkylation sites (tertiary alicyclic amines) is 1. The molecule has 8 heteroatoms. The summed E-state index contributed by atoms with van der Waals surface area (Å²) in [5.41, 5.74) is 1.01. The van der Waals surface area contributed by atoms with Gasteiger partial charge in [0.05, 0.1) is 16.6 Å². The van der Waals surface area contributed by atoms with Gasteiger partial charge >= 0.3 is 6.09 Å². The van der Waals surface area contributed by atoms with Crippen molar-refractivity contribution in [1.29, 1.82) is 0 Å². The topological polar surface area (TPSA) is 91.5 Å². The van der Waals surface area contributed by atoms with E-state index in [0.717, 1.165) is 0 Å². The van der Waals surface area contributed by atoms with Crippen LogP contribution in [0.2, 0.25) is 5.02 Å². The van der Waals surface area contributed by atoms with Gasteiger partial charge in [-0.25, -0.2) is 9.78 Å². The molecule has 1 aliphatic heterocycles. The summed E-state index contributed by atoms with van der Waals surface area (Å²) >= 11 is 5.90. The second kappa shape index (κ2) is 4.27. The van der Waals surface area contributed by atoms with Gasteiger partial charge in [0.15, 0.2) is 5.65 Å². The molecule has 1 saturated heterocycles. The minimum absolute atomic E-state index is 0.152. The first-order valence-corrected chi connectivity index (χ1v) is 6.14. The monoisotopic (exact) mass is 282 g/mol. The molecule has 0 bridgehead atoms. The molecule has 1 fully saturated rings. The summed E-state index contributed by atoms with van der Waals surface area (Å²) in [7, 11) is 0. The van der Waals surface area contributed by atoms with Crippen LogP contribution in [0.15, 0.2) is 12.3 Å². The Kier molecular flexibility index (Phi) is 2.70. The molecule has 1 atom stereocenters. The predicted molar refractivity (Wildman–Crippen MR) is 67.5 cm³/mol. The Morgan fingerprint density at radius 1 is 1.53 bits per heavy atom. The first-order valence-electron chi connectivity index (χ1n) is 5.76. The average Bonchev–Trinajstić information content (AvgIpc) is 2.92. The molecule has 0 unspecified atom stereocenters. The zero-order valence-corrected chi connectivity index (χ0v) is 10.6. The lowest BCUT2D eigenvalue weighted by Gasteiger charge is -2.14. The standard InChI is InChI=1S/C11H11ClN4O3/c12-6-3-8-9(13-4-6)14-10(17)16(8)7-1-2-15(5-7)11(18)19/h3-4,7H,1-2,5H2,(H,18,19)(H,13,14,17)/t7-/m1/s1. The molecule has 0 spiro atoms. The first-order chi connectivity index (χ1) is 9.06. The maximum Gasteiger partial charge on any atom is 0.407 e. The Hall–Kier alpha value is -2.02. The van der Waals surface area contributed by atoms with Gasteiger partial charge in [-0.3, -0.25) is 4.57 Å². The van der Waals surface area contributed by atoms with Crippen LogP contribution in [0.25, 0.3) is 11.2 Å².